The van der Waals surface area contributed by atoms with Crippen LogP contribution in [0.25, 0.3) is 0 Å². The van der Waals surface area contributed by atoms with Gasteiger partial charge in [0.25, 0.3) is 0 Å². The van der Waals surface area contributed by atoms with E-state index in [0.717, 1.165) is 31.0 Å². The summed E-state index contributed by atoms with van der Waals surface area (Å²) in [6.45, 7) is 6.82. The number of aryl methyl sites for hydroxylation is 1. The third-order valence-electron chi connectivity index (χ3n) is 4.08. The zero-order valence-corrected chi connectivity index (χ0v) is 11.5. The summed E-state index contributed by atoms with van der Waals surface area (Å²) in [5.74, 6) is 2.20. The lowest BCUT2D eigenvalue weighted by atomic mass is 9.98. The fourth-order valence-corrected chi connectivity index (χ4v) is 3.10. The second kappa shape index (κ2) is 4.92. The molecule has 0 radical (unpaired) electrons. The lowest BCUT2D eigenvalue weighted by molar-refractivity contribution is -0.140. The van der Waals surface area contributed by atoms with Crippen LogP contribution < -0.4 is 0 Å². The van der Waals surface area contributed by atoms with Gasteiger partial charge in [-0.15, -0.1) is 10.2 Å². The van der Waals surface area contributed by atoms with Crippen LogP contribution in [-0.2, 0) is 16.1 Å². The summed E-state index contributed by atoms with van der Waals surface area (Å²) >= 11 is 0. The molecular weight excluding hydrogens is 244 g/mol. The minimum atomic E-state index is 0.122. The molecule has 6 heteroatoms. The minimum Gasteiger partial charge on any atom is -0.381 e. The standard InChI is InChI=1S/C13H20N4O2/c1-9-7-16(8-12-15-14-10(2)17(9)12)13(18)11-3-5-19-6-4-11/h9,11H,3-8H2,1-2H3/t9-/m0/s1. The van der Waals surface area contributed by atoms with E-state index in [1.165, 1.54) is 0 Å². The van der Waals surface area contributed by atoms with Crippen molar-refractivity contribution in [3.8, 4) is 0 Å². The van der Waals surface area contributed by atoms with Gasteiger partial charge >= 0.3 is 0 Å². The van der Waals surface area contributed by atoms with Gasteiger partial charge in [-0.05, 0) is 26.7 Å². The maximum absolute atomic E-state index is 12.5. The predicted molar refractivity (Wildman–Crippen MR) is 68.4 cm³/mol. The number of ether oxygens (including phenoxy) is 1. The van der Waals surface area contributed by atoms with Crippen molar-refractivity contribution in [1.82, 2.24) is 19.7 Å². The molecule has 1 aromatic rings. The molecule has 2 aliphatic rings. The van der Waals surface area contributed by atoms with Gasteiger partial charge in [0.05, 0.1) is 12.6 Å². The van der Waals surface area contributed by atoms with Gasteiger partial charge in [-0.3, -0.25) is 4.79 Å². The van der Waals surface area contributed by atoms with Crippen LogP contribution in [0.3, 0.4) is 0 Å². The number of carbonyl (C=O) groups is 1. The van der Waals surface area contributed by atoms with Crippen molar-refractivity contribution in [1.29, 1.82) is 0 Å². The largest absolute Gasteiger partial charge is 0.381 e. The summed E-state index contributed by atoms with van der Waals surface area (Å²) in [7, 11) is 0. The Morgan fingerprint density at radius 1 is 1.32 bits per heavy atom. The van der Waals surface area contributed by atoms with E-state index in [1.54, 1.807) is 0 Å². The molecule has 0 bridgehead atoms. The van der Waals surface area contributed by atoms with Crippen LogP contribution >= 0.6 is 0 Å². The van der Waals surface area contributed by atoms with Crippen LogP contribution in [0.15, 0.2) is 0 Å². The number of hydrogen-bond donors (Lipinski definition) is 0. The SMILES string of the molecule is Cc1nnc2n1[C@@H](C)CN(C(=O)C1CCOCC1)C2. The van der Waals surface area contributed by atoms with Crippen LogP contribution in [0.5, 0.6) is 0 Å². The van der Waals surface area contributed by atoms with E-state index in [-0.39, 0.29) is 17.9 Å². The molecule has 1 saturated heterocycles. The highest BCUT2D eigenvalue weighted by Gasteiger charge is 2.32. The van der Waals surface area contributed by atoms with E-state index in [4.69, 9.17) is 4.74 Å². The van der Waals surface area contributed by atoms with Crippen molar-refractivity contribution >= 4 is 5.91 Å². The second-order valence-corrected chi connectivity index (χ2v) is 5.49. The monoisotopic (exact) mass is 264 g/mol. The highest BCUT2D eigenvalue weighted by Crippen LogP contribution is 2.25. The molecule has 0 spiro atoms. The van der Waals surface area contributed by atoms with Crippen LogP contribution in [0.1, 0.15) is 37.5 Å². The summed E-state index contributed by atoms with van der Waals surface area (Å²) in [6, 6.07) is 0.252. The summed E-state index contributed by atoms with van der Waals surface area (Å²) < 4.78 is 7.45. The van der Waals surface area contributed by atoms with Crippen molar-refractivity contribution in [3.63, 3.8) is 0 Å². The Morgan fingerprint density at radius 3 is 2.79 bits per heavy atom. The van der Waals surface area contributed by atoms with Gasteiger partial charge in [-0.25, -0.2) is 0 Å². The first-order valence-corrected chi connectivity index (χ1v) is 6.93. The number of fused-ring (bicyclic) bond motifs is 1. The van der Waals surface area contributed by atoms with Crippen LogP contribution in [0.4, 0.5) is 0 Å². The lowest BCUT2D eigenvalue weighted by Gasteiger charge is -2.35. The molecular formula is C13H20N4O2. The molecule has 1 atom stereocenters. The quantitative estimate of drug-likeness (QED) is 0.756. The number of carbonyl (C=O) groups excluding carboxylic acids is 1. The second-order valence-electron chi connectivity index (χ2n) is 5.49. The summed E-state index contributed by atoms with van der Waals surface area (Å²) in [5.41, 5.74) is 0. The molecule has 3 heterocycles. The first-order chi connectivity index (χ1) is 9.16. The Balaban J connectivity index is 1.75. The topological polar surface area (TPSA) is 60.2 Å². The molecule has 3 rings (SSSR count). The fraction of sp³-hybridized carbons (Fsp3) is 0.769. The Morgan fingerprint density at radius 2 is 2.05 bits per heavy atom. The maximum Gasteiger partial charge on any atom is 0.226 e. The normalized spacial score (nSPS) is 24.3. The van der Waals surface area contributed by atoms with Crippen LogP contribution in [0, 0.1) is 12.8 Å². The Kier molecular flexibility index (Phi) is 3.26. The molecule has 1 aromatic heterocycles. The molecule has 104 valence electrons. The van der Waals surface area contributed by atoms with Gasteiger partial charge in [0.15, 0.2) is 5.82 Å². The lowest BCUT2D eigenvalue weighted by Crippen LogP contribution is -2.44. The smallest absolute Gasteiger partial charge is 0.226 e. The van der Waals surface area contributed by atoms with Gasteiger partial charge in [-0.1, -0.05) is 0 Å². The van der Waals surface area contributed by atoms with Gasteiger partial charge in [-0.2, -0.15) is 0 Å². The Hall–Kier alpha value is -1.43. The first kappa shape index (κ1) is 12.6. The number of hydrogen-bond acceptors (Lipinski definition) is 4. The number of amides is 1. The van der Waals surface area contributed by atoms with E-state index < -0.39 is 0 Å². The molecule has 0 saturated carbocycles. The molecule has 0 N–H and O–H groups in total. The number of rotatable bonds is 1. The van der Waals surface area contributed by atoms with Gasteiger partial charge in [0, 0.05) is 25.7 Å². The van der Waals surface area contributed by atoms with Crippen molar-refractivity contribution in [2.45, 2.75) is 39.3 Å². The summed E-state index contributed by atoms with van der Waals surface area (Å²) in [5, 5.41) is 8.29. The van der Waals surface area contributed by atoms with E-state index >= 15 is 0 Å². The molecule has 2 aliphatic heterocycles. The Bertz CT molecular complexity index is 479. The van der Waals surface area contributed by atoms with E-state index in [9.17, 15) is 4.79 Å². The highest BCUT2D eigenvalue weighted by atomic mass is 16.5. The molecule has 1 amide bonds. The molecule has 1 fully saturated rings. The third-order valence-corrected chi connectivity index (χ3v) is 4.08. The number of aromatic nitrogens is 3. The zero-order valence-electron chi connectivity index (χ0n) is 11.5. The summed E-state index contributed by atoms with van der Waals surface area (Å²) in [4.78, 5) is 14.5. The van der Waals surface area contributed by atoms with Crippen LogP contribution in [-0.4, -0.2) is 45.3 Å². The molecule has 0 aromatic carbocycles. The van der Waals surface area contributed by atoms with E-state index in [0.29, 0.717) is 19.8 Å². The highest BCUT2D eigenvalue weighted by molar-refractivity contribution is 5.79. The van der Waals surface area contributed by atoms with Crippen molar-refractivity contribution in [2.24, 2.45) is 5.92 Å². The van der Waals surface area contributed by atoms with Gasteiger partial charge in [0.1, 0.15) is 5.82 Å². The number of nitrogens with zero attached hydrogens (tertiary/aromatic N) is 4. The summed E-state index contributed by atoms with van der Waals surface area (Å²) in [6.07, 6.45) is 1.69. The third kappa shape index (κ3) is 2.25. The molecule has 19 heavy (non-hydrogen) atoms. The zero-order chi connectivity index (χ0) is 13.4. The maximum atomic E-state index is 12.5. The molecule has 0 aliphatic carbocycles. The van der Waals surface area contributed by atoms with Crippen LogP contribution in [0.2, 0.25) is 0 Å². The minimum absolute atomic E-state index is 0.122. The van der Waals surface area contributed by atoms with Crippen molar-refractivity contribution < 1.29 is 9.53 Å². The Labute approximate surface area is 112 Å². The average molecular weight is 264 g/mol. The fourth-order valence-electron chi connectivity index (χ4n) is 3.10. The van der Waals surface area contributed by atoms with Gasteiger partial charge in [0.2, 0.25) is 5.91 Å². The van der Waals surface area contributed by atoms with E-state index in [2.05, 4.69) is 21.7 Å². The first-order valence-electron chi connectivity index (χ1n) is 6.93. The van der Waals surface area contributed by atoms with Crippen molar-refractivity contribution in [2.75, 3.05) is 19.8 Å². The van der Waals surface area contributed by atoms with E-state index in [1.807, 2.05) is 11.8 Å². The van der Waals surface area contributed by atoms with Gasteiger partial charge < -0.3 is 14.2 Å². The molecule has 0 unspecified atom stereocenters. The average Bonchev–Trinajstić information content (AvgIpc) is 2.81. The van der Waals surface area contributed by atoms with Crippen molar-refractivity contribution in [3.05, 3.63) is 11.6 Å². The molecule has 6 nitrogen and oxygen atoms in total. The predicted octanol–water partition coefficient (Wildman–Crippen LogP) is 0.916.